The van der Waals surface area contributed by atoms with Crippen LogP contribution >= 0.6 is 15.9 Å². The van der Waals surface area contributed by atoms with Gasteiger partial charge in [-0.1, -0.05) is 53.2 Å². The molecule has 1 aromatic carbocycles. The van der Waals surface area contributed by atoms with Crippen LogP contribution < -0.4 is 5.32 Å². The summed E-state index contributed by atoms with van der Waals surface area (Å²) in [4.78, 5) is 11.7. The summed E-state index contributed by atoms with van der Waals surface area (Å²) >= 11 is 3.40. The Hall–Kier alpha value is -0.830. The summed E-state index contributed by atoms with van der Waals surface area (Å²) in [5.41, 5.74) is 1.06. The minimum atomic E-state index is 0.110. The number of hydrogen-bond acceptors (Lipinski definition) is 1. The molecule has 0 aliphatic heterocycles. The van der Waals surface area contributed by atoms with Crippen molar-refractivity contribution in [2.24, 2.45) is 0 Å². The zero-order valence-electron chi connectivity index (χ0n) is 9.58. The quantitative estimate of drug-likeness (QED) is 0.800. The van der Waals surface area contributed by atoms with E-state index in [0.29, 0.717) is 6.42 Å². The highest BCUT2D eigenvalue weighted by Gasteiger charge is 2.09. The minimum Gasteiger partial charge on any atom is -0.353 e. The van der Waals surface area contributed by atoms with E-state index in [1.807, 2.05) is 30.3 Å². The van der Waals surface area contributed by atoms with Gasteiger partial charge in [0.05, 0.1) is 6.42 Å². The summed E-state index contributed by atoms with van der Waals surface area (Å²) in [6, 6.07) is 10.1. The number of amides is 1. The molecule has 0 saturated heterocycles. The number of benzene rings is 1. The number of carbonyl (C=O) groups is 1. The van der Waals surface area contributed by atoms with Crippen molar-refractivity contribution in [3.05, 3.63) is 35.9 Å². The summed E-state index contributed by atoms with van der Waals surface area (Å²) in [7, 11) is 0. The zero-order valence-corrected chi connectivity index (χ0v) is 11.2. The van der Waals surface area contributed by atoms with Gasteiger partial charge in [-0.3, -0.25) is 4.79 Å². The Labute approximate surface area is 106 Å². The topological polar surface area (TPSA) is 29.1 Å². The van der Waals surface area contributed by atoms with Gasteiger partial charge in [-0.2, -0.15) is 0 Å². The maximum atomic E-state index is 11.7. The van der Waals surface area contributed by atoms with Gasteiger partial charge in [0.1, 0.15) is 0 Å². The normalized spacial score (nSPS) is 12.1. The summed E-state index contributed by atoms with van der Waals surface area (Å²) in [6.07, 6.45) is 2.43. The minimum absolute atomic E-state index is 0.110. The molecule has 1 unspecified atom stereocenters. The predicted molar refractivity (Wildman–Crippen MR) is 70.8 cm³/mol. The molecular formula is C13H18BrNO. The zero-order chi connectivity index (χ0) is 11.8. The fourth-order valence-corrected chi connectivity index (χ4v) is 2.12. The number of carbonyl (C=O) groups excluding carboxylic acids is 1. The Bertz CT molecular complexity index is 313. The summed E-state index contributed by atoms with van der Waals surface area (Å²) in [6.45, 7) is 2.09. The van der Waals surface area contributed by atoms with Crippen LogP contribution in [-0.4, -0.2) is 17.3 Å². The number of halogens is 1. The largest absolute Gasteiger partial charge is 0.353 e. The lowest BCUT2D eigenvalue weighted by Crippen LogP contribution is -2.35. The van der Waals surface area contributed by atoms with E-state index >= 15 is 0 Å². The lowest BCUT2D eigenvalue weighted by atomic mass is 10.1. The van der Waals surface area contributed by atoms with Crippen LogP contribution in [0, 0.1) is 0 Å². The van der Waals surface area contributed by atoms with E-state index in [1.54, 1.807) is 0 Å². The van der Waals surface area contributed by atoms with Crippen molar-refractivity contribution in [2.75, 3.05) is 5.33 Å². The first-order valence-corrected chi connectivity index (χ1v) is 6.77. The molecule has 0 aliphatic carbocycles. The van der Waals surface area contributed by atoms with E-state index in [0.717, 1.165) is 23.7 Å². The van der Waals surface area contributed by atoms with E-state index in [9.17, 15) is 4.79 Å². The summed E-state index contributed by atoms with van der Waals surface area (Å²) in [5.74, 6) is 0.110. The molecule has 0 saturated carbocycles. The second kappa shape index (κ2) is 7.44. The molecule has 1 aromatic rings. The molecule has 0 aliphatic rings. The molecule has 0 heterocycles. The highest BCUT2D eigenvalue weighted by atomic mass is 79.9. The molecule has 0 aromatic heterocycles. The second-order valence-electron chi connectivity index (χ2n) is 3.81. The molecule has 88 valence electrons. The fourth-order valence-electron chi connectivity index (χ4n) is 1.57. The van der Waals surface area contributed by atoms with Crippen LogP contribution in [0.25, 0.3) is 0 Å². The van der Waals surface area contributed by atoms with E-state index < -0.39 is 0 Å². The standard InChI is InChI=1S/C13H18BrNO/c1-2-12(8-9-14)15-13(16)10-11-6-4-3-5-7-11/h3-7,12H,2,8-10H2,1H3,(H,15,16). The maximum absolute atomic E-state index is 11.7. The van der Waals surface area contributed by atoms with Crippen molar-refractivity contribution in [3.8, 4) is 0 Å². The molecule has 3 heteroatoms. The Balaban J connectivity index is 2.41. The van der Waals surface area contributed by atoms with Crippen LogP contribution in [0.3, 0.4) is 0 Å². The summed E-state index contributed by atoms with van der Waals surface area (Å²) in [5, 5.41) is 3.97. The number of hydrogen-bond donors (Lipinski definition) is 1. The van der Waals surface area contributed by atoms with Gasteiger partial charge in [0.15, 0.2) is 0 Å². The van der Waals surface area contributed by atoms with E-state index in [-0.39, 0.29) is 11.9 Å². The van der Waals surface area contributed by atoms with Gasteiger partial charge in [-0.25, -0.2) is 0 Å². The molecule has 16 heavy (non-hydrogen) atoms. The third kappa shape index (κ3) is 4.79. The number of nitrogens with one attached hydrogen (secondary N) is 1. The lowest BCUT2D eigenvalue weighted by Gasteiger charge is -2.15. The molecule has 0 bridgehead atoms. The molecule has 1 rings (SSSR count). The van der Waals surface area contributed by atoms with E-state index in [2.05, 4.69) is 28.2 Å². The number of alkyl halides is 1. The third-order valence-electron chi connectivity index (χ3n) is 2.52. The lowest BCUT2D eigenvalue weighted by molar-refractivity contribution is -0.121. The van der Waals surface area contributed by atoms with Crippen LogP contribution in [-0.2, 0) is 11.2 Å². The van der Waals surface area contributed by atoms with Crippen LogP contribution in [0.4, 0.5) is 0 Å². The van der Waals surface area contributed by atoms with Gasteiger partial charge in [0.25, 0.3) is 0 Å². The van der Waals surface area contributed by atoms with Gasteiger partial charge in [-0.05, 0) is 18.4 Å². The Morgan fingerprint density at radius 3 is 2.62 bits per heavy atom. The fraction of sp³-hybridized carbons (Fsp3) is 0.462. The molecule has 0 fully saturated rings. The van der Waals surface area contributed by atoms with Gasteiger partial charge in [0, 0.05) is 11.4 Å². The van der Waals surface area contributed by atoms with Gasteiger partial charge in [0.2, 0.25) is 5.91 Å². The first-order valence-electron chi connectivity index (χ1n) is 5.65. The Morgan fingerprint density at radius 2 is 2.06 bits per heavy atom. The molecule has 1 atom stereocenters. The van der Waals surface area contributed by atoms with Gasteiger partial charge in [-0.15, -0.1) is 0 Å². The van der Waals surface area contributed by atoms with Gasteiger partial charge < -0.3 is 5.32 Å². The Kier molecular flexibility index (Phi) is 6.16. The first kappa shape index (κ1) is 13.2. The third-order valence-corrected chi connectivity index (χ3v) is 2.98. The van der Waals surface area contributed by atoms with Crippen molar-refractivity contribution in [1.82, 2.24) is 5.32 Å². The first-order chi connectivity index (χ1) is 7.76. The van der Waals surface area contributed by atoms with E-state index in [4.69, 9.17) is 0 Å². The molecule has 1 N–H and O–H groups in total. The van der Waals surface area contributed by atoms with Crippen molar-refractivity contribution >= 4 is 21.8 Å². The summed E-state index contributed by atoms with van der Waals surface area (Å²) < 4.78 is 0. The molecule has 0 spiro atoms. The van der Waals surface area contributed by atoms with Crippen LogP contribution in [0.15, 0.2) is 30.3 Å². The van der Waals surface area contributed by atoms with E-state index in [1.165, 1.54) is 0 Å². The second-order valence-corrected chi connectivity index (χ2v) is 4.61. The smallest absolute Gasteiger partial charge is 0.224 e. The molecule has 0 radical (unpaired) electrons. The highest BCUT2D eigenvalue weighted by Crippen LogP contribution is 2.03. The van der Waals surface area contributed by atoms with Crippen molar-refractivity contribution < 1.29 is 4.79 Å². The SMILES string of the molecule is CCC(CCBr)NC(=O)Cc1ccccc1. The van der Waals surface area contributed by atoms with Crippen LogP contribution in [0.2, 0.25) is 0 Å². The number of rotatable bonds is 6. The molecule has 2 nitrogen and oxygen atoms in total. The van der Waals surface area contributed by atoms with Crippen molar-refractivity contribution in [2.45, 2.75) is 32.2 Å². The highest BCUT2D eigenvalue weighted by molar-refractivity contribution is 9.09. The van der Waals surface area contributed by atoms with Gasteiger partial charge >= 0.3 is 0 Å². The van der Waals surface area contributed by atoms with Crippen molar-refractivity contribution in [1.29, 1.82) is 0 Å². The Morgan fingerprint density at radius 1 is 1.38 bits per heavy atom. The van der Waals surface area contributed by atoms with Crippen LogP contribution in [0.1, 0.15) is 25.3 Å². The van der Waals surface area contributed by atoms with Crippen LogP contribution in [0.5, 0.6) is 0 Å². The van der Waals surface area contributed by atoms with Crippen molar-refractivity contribution in [3.63, 3.8) is 0 Å². The monoisotopic (exact) mass is 283 g/mol. The average molecular weight is 284 g/mol. The molecular weight excluding hydrogens is 266 g/mol. The predicted octanol–water partition coefficient (Wildman–Crippen LogP) is 2.91. The average Bonchev–Trinajstić information content (AvgIpc) is 2.29. The maximum Gasteiger partial charge on any atom is 0.224 e. The molecule has 1 amide bonds.